The Morgan fingerprint density at radius 2 is 1.57 bits per heavy atom. The fraction of sp³-hybridized carbons (Fsp3) is 0.208. The Kier molecular flexibility index (Phi) is 5.14. The molecule has 0 saturated carbocycles. The molecule has 28 heavy (non-hydrogen) atoms. The standard InChI is InChI=1S/C18H18O2S.C6H4O/c1-18(17(19)20,13-7-3-2-4-8-13)15-11-12-21-16-10-6-5-9-14(15)16;1-2-6-4-3-5(1)7-6/h2-10,15H,11-12H2,1H3,(H,19,20);1-4H. The maximum atomic E-state index is 12.1. The van der Waals surface area contributed by atoms with E-state index >= 15 is 0 Å². The minimum Gasteiger partial charge on any atom is -0.481 e. The van der Waals surface area contributed by atoms with Crippen molar-refractivity contribution in [3.8, 4) is 0 Å². The molecule has 0 fully saturated rings. The number of fused-ring (bicyclic) bond motifs is 3. The van der Waals surface area contributed by atoms with Crippen molar-refractivity contribution in [1.82, 2.24) is 0 Å². The Labute approximate surface area is 168 Å². The monoisotopic (exact) mass is 390 g/mol. The highest BCUT2D eigenvalue weighted by Gasteiger charge is 2.45. The molecular weight excluding hydrogens is 368 g/mol. The maximum Gasteiger partial charge on any atom is 0.314 e. The van der Waals surface area contributed by atoms with Gasteiger partial charge in [0, 0.05) is 10.8 Å². The summed E-state index contributed by atoms with van der Waals surface area (Å²) >= 11 is 1.82. The lowest BCUT2D eigenvalue weighted by Crippen LogP contribution is -2.40. The van der Waals surface area contributed by atoms with Gasteiger partial charge in [-0.1, -0.05) is 48.5 Å². The van der Waals surface area contributed by atoms with E-state index in [1.54, 1.807) is 0 Å². The SMILES string of the molecule is CC(C(=O)O)(c1ccccc1)C1CCSc2ccccc21.c1cc2ccc1o2. The van der Waals surface area contributed by atoms with E-state index in [-0.39, 0.29) is 5.92 Å². The highest BCUT2D eigenvalue weighted by atomic mass is 32.2. The average Bonchev–Trinajstić information content (AvgIpc) is 3.40. The number of carbonyl (C=O) groups is 1. The van der Waals surface area contributed by atoms with Gasteiger partial charge in [-0.15, -0.1) is 11.8 Å². The third-order valence-corrected chi connectivity index (χ3v) is 6.66. The lowest BCUT2D eigenvalue weighted by Gasteiger charge is -2.38. The van der Waals surface area contributed by atoms with Crippen molar-refractivity contribution in [2.24, 2.45) is 0 Å². The minimum absolute atomic E-state index is 0.00912. The van der Waals surface area contributed by atoms with Crippen LogP contribution in [0.25, 0.3) is 11.2 Å². The average molecular weight is 391 g/mol. The molecule has 2 bridgehead atoms. The fourth-order valence-corrected chi connectivity index (χ4v) is 5.04. The molecule has 0 amide bonds. The van der Waals surface area contributed by atoms with Crippen molar-refractivity contribution in [3.63, 3.8) is 0 Å². The van der Waals surface area contributed by atoms with Crippen LogP contribution in [0.5, 0.6) is 0 Å². The van der Waals surface area contributed by atoms with E-state index in [4.69, 9.17) is 4.42 Å². The van der Waals surface area contributed by atoms with Crippen molar-refractivity contribution in [2.45, 2.75) is 29.6 Å². The number of aliphatic carboxylic acids is 1. The third kappa shape index (κ3) is 3.40. The van der Waals surface area contributed by atoms with E-state index in [9.17, 15) is 9.90 Å². The Bertz CT molecular complexity index is 1010. The number of carboxylic acid groups (broad SMARTS) is 1. The maximum absolute atomic E-state index is 12.1. The van der Waals surface area contributed by atoms with Gasteiger partial charge >= 0.3 is 5.97 Å². The van der Waals surface area contributed by atoms with Gasteiger partial charge in [0.15, 0.2) is 0 Å². The zero-order valence-corrected chi connectivity index (χ0v) is 16.5. The van der Waals surface area contributed by atoms with Crippen LogP contribution in [0.4, 0.5) is 0 Å². The predicted molar refractivity (Wildman–Crippen MR) is 113 cm³/mol. The predicted octanol–water partition coefficient (Wildman–Crippen LogP) is 6.18. The first-order valence-electron chi connectivity index (χ1n) is 9.37. The zero-order chi connectivity index (χ0) is 19.6. The van der Waals surface area contributed by atoms with Gasteiger partial charge in [-0.3, -0.25) is 4.79 Å². The lowest BCUT2D eigenvalue weighted by atomic mass is 9.67. The van der Waals surface area contributed by atoms with Crippen molar-refractivity contribution < 1.29 is 14.3 Å². The zero-order valence-electron chi connectivity index (χ0n) is 15.7. The van der Waals surface area contributed by atoms with Crippen molar-refractivity contribution in [3.05, 3.63) is 90.0 Å². The number of hydrogen-bond donors (Lipinski definition) is 1. The van der Waals surface area contributed by atoms with Crippen LogP contribution in [0.3, 0.4) is 0 Å². The van der Waals surface area contributed by atoms with Gasteiger partial charge < -0.3 is 9.52 Å². The second kappa shape index (κ2) is 7.72. The van der Waals surface area contributed by atoms with Gasteiger partial charge in [0.25, 0.3) is 0 Å². The van der Waals surface area contributed by atoms with Crippen LogP contribution >= 0.6 is 11.8 Å². The van der Waals surface area contributed by atoms with Gasteiger partial charge in [0.2, 0.25) is 0 Å². The molecule has 1 aliphatic heterocycles. The summed E-state index contributed by atoms with van der Waals surface area (Å²) in [6.45, 7) is 1.86. The topological polar surface area (TPSA) is 50.4 Å². The highest BCUT2D eigenvalue weighted by molar-refractivity contribution is 7.99. The second-order valence-electron chi connectivity index (χ2n) is 7.17. The Morgan fingerprint density at radius 3 is 2.14 bits per heavy atom. The molecule has 1 N–H and O–H groups in total. The van der Waals surface area contributed by atoms with Gasteiger partial charge in [-0.2, -0.15) is 0 Å². The quantitative estimate of drug-likeness (QED) is 0.454. The van der Waals surface area contributed by atoms with Crippen LogP contribution < -0.4 is 0 Å². The first-order chi connectivity index (χ1) is 13.6. The first-order valence-corrected chi connectivity index (χ1v) is 10.4. The van der Waals surface area contributed by atoms with Gasteiger partial charge in [0.1, 0.15) is 11.2 Å². The Hall–Kier alpha value is -2.72. The van der Waals surface area contributed by atoms with E-state index in [1.165, 1.54) is 10.5 Å². The summed E-state index contributed by atoms with van der Waals surface area (Å²) in [5.74, 6) is 0.229. The summed E-state index contributed by atoms with van der Waals surface area (Å²) in [5, 5.41) is 9.96. The van der Waals surface area contributed by atoms with Crippen LogP contribution in [0.1, 0.15) is 30.4 Å². The van der Waals surface area contributed by atoms with Crippen LogP contribution in [-0.4, -0.2) is 16.8 Å². The van der Waals surface area contributed by atoms with Gasteiger partial charge in [0.05, 0.1) is 5.41 Å². The van der Waals surface area contributed by atoms with E-state index < -0.39 is 11.4 Å². The molecule has 2 atom stereocenters. The molecule has 4 heteroatoms. The molecule has 2 aromatic heterocycles. The van der Waals surface area contributed by atoms with Crippen molar-refractivity contribution in [1.29, 1.82) is 0 Å². The molecule has 0 aliphatic carbocycles. The summed E-state index contributed by atoms with van der Waals surface area (Å²) in [7, 11) is 0. The van der Waals surface area contributed by atoms with E-state index in [0.717, 1.165) is 28.9 Å². The summed E-state index contributed by atoms with van der Waals surface area (Å²) < 4.78 is 5.08. The molecule has 1 aliphatic rings. The van der Waals surface area contributed by atoms with Gasteiger partial charge in [-0.25, -0.2) is 0 Å². The largest absolute Gasteiger partial charge is 0.481 e. The smallest absolute Gasteiger partial charge is 0.314 e. The third-order valence-electron chi connectivity index (χ3n) is 5.53. The number of benzene rings is 3. The van der Waals surface area contributed by atoms with Gasteiger partial charge in [-0.05, 0) is 60.6 Å². The number of furan rings is 2. The molecule has 142 valence electrons. The van der Waals surface area contributed by atoms with Crippen molar-refractivity contribution >= 4 is 28.9 Å². The summed E-state index contributed by atoms with van der Waals surface area (Å²) in [5.41, 5.74) is 3.09. The molecule has 2 unspecified atom stereocenters. The number of hydrogen-bond acceptors (Lipinski definition) is 3. The van der Waals surface area contributed by atoms with Crippen LogP contribution in [0.2, 0.25) is 0 Å². The molecule has 0 spiro atoms. The normalized spacial score (nSPS) is 18.0. The van der Waals surface area contributed by atoms with E-state index in [0.29, 0.717) is 0 Å². The second-order valence-corrected chi connectivity index (χ2v) is 8.31. The Morgan fingerprint density at radius 1 is 0.964 bits per heavy atom. The lowest BCUT2D eigenvalue weighted by molar-refractivity contribution is -0.144. The van der Waals surface area contributed by atoms with Crippen LogP contribution in [-0.2, 0) is 10.2 Å². The van der Waals surface area contributed by atoms with E-state index in [1.807, 2.05) is 85.4 Å². The van der Waals surface area contributed by atoms with Crippen LogP contribution in [0, 0.1) is 0 Å². The summed E-state index contributed by atoms with van der Waals surface area (Å²) in [6, 6.07) is 25.6. The highest BCUT2D eigenvalue weighted by Crippen LogP contribution is 2.48. The van der Waals surface area contributed by atoms with E-state index in [2.05, 4.69) is 12.1 Å². The molecule has 3 nitrogen and oxygen atoms in total. The summed E-state index contributed by atoms with van der Waals surface area (Å²) in [4.78, 5) is 13.3. The molecule has 0 radical (unpaired) electrons. The molecule has 2 aromatic carbocycles. The van der Waals surface area contributed by atoms with Crippen LogP contribution in [0.15, 0.2) is 88.2 Å². The molecule has 3 heterocycles. The fourth-order valence-electron chi connectivity index (χ4n) is 3.91. The molecule has 5 rings (SSSR count). The minimum atomic E-state index is -0.891. The number of thioether (sulfide) groups is 1. The molecule has 0 saturated heterocycles. The number of carboxylic acids is 1. The number of rotatable bonds is 3. The molecular formula is C24H22O3S. The Balaban J connectivity index is 0.000000227. The summed E-state index contributed by atoms with van der Waals surface area (Å²) in [6.07, 6.45) is 0.888. The first kappa shape index (κ1) is 18.6. The molecule has 4 aromatic rings. The van der Waals surface area contributed by atoms with Crippen molar-refractivity contribution in [2.75, 3.05) is 5.75 Å².